The Balaban J connectivity index is 4.14. The lowest BCUT2D eigenvalue weighted by molar-refractivity contribution is -0.129. The highest BCUT2D eigenvalue weighted by Gasteiger charge is 2.23. The van der Waals surface area contributed by atoms with Crippen LogP contribution < -0.4 is 0 Å². The molecule has 4 nitrogen and oxygen atoms in total. The molecule has 0 N–H and O–H groups in total. The van der Waals surface area contributed by atoms with Gasteiger partial charge in [0.05, 0.1) is 0 Å². The van der Waals surface area contributed by atoms with Gasteiger partial charge in [-0.3, -0.25) is 9.69 Å². The zero-order valence-corrected chi connectivity index (χ0v) is 10.3. The molecule has 0 spiro atoms. The molecule has 0 atom stereocenters. The van der Waals surface area contributed by atoms with Gasteiger partial charge in [0.2, 0.25) is 5.91 Å². The Morgan fingerprint density at radius 1 is 1.27 bits per heavy atom. The molecular weight excluding hydrogens is 194 g/mol. The second kappa shape index (κ2) is 5.73. The van der Waals surface area contributed by atoms with E-state index in [1.807, 2.05) is 6.92 Å². The van der Waals surface area contributed by atoms with Gasteiger partial charge in [0.25, 0.3) is 0 Å². The van der Waals surface area contributed by atoms with Crippen LogP contribution in [0.1, 0.15) is 47.0 Å². The Bertz CT molecular complexity index is 230. The summed E-state index contributed by atoms with van der Waals surface area (Å²) >= 11 is 0. The smallest absolute Gasteiger partial charge is 0.416 e. The van der Waals surface area contributed by atoms with Crippen molar-refractivity contribution in [1.29, 1.82) is 0 Å². The highest BCUT2D eigenvalue weighted by atomic mass is 16.6. The van der Waals surface area contributed by atoms with E-state index in [1.54, 1.807) is 20.8 Å². The maximum atomic E-state index is 11.5. The lowest BCUT2D eigenvalue weighted by Gasteiger charge is -2.23. The Kier molecular flexibility index (Phi) is 5.33. The van der Waals surface area contributed by atoms with Crippen molar-refractivity contribution in [3.05, 3.63) is 0 Å². The van der Waals surface area contributed by atoms with Crippen molar-refractivity contribution in [3.8, 4) is 0 Å². The quantitative estimate of drug-likeness (QED) is 0.727. The number of ether oxygens (including phenoxy) is 1. The monoisotopic (exact) mass is 215 g/mol. The highest BCUT2D eigenvalue weighted by Crippen LogP contribution is 2.10. The average Bonchev–Trinajstić information content (AvgIpc) is 2.10. The van der Waals surface area contributed by atoms with E-state index in [-0.39, 0.29) is 5.91 Å². The molecule has 0 aliphatic carbocycles. The fourth-order valence-electron chi connectivity index (χ4n) is 0.928. The molecule has 0 bridgehead atoms. The number of hydrogen-bond donors (Lipinski definition) is 0. The molecular formula is C11H21NO3. The van der Waals surface area contributed by atoms with E-state index < -0.39 is 11.7 Å². The standard InChI is InChI=1S/C11H21NO3/c1-6-7-8-9(13)12(5)10(14)15-11(2,3)4/h6-8H2,1-5H3. The van der Waals surface area contributed by atoms with Gasteiger partial charge in [0.15, 0.2) is 0 Å². The SMILES string of the molecule is CCCCC(=O)N(C)C(=O)OC(C)(C)C. The van der Waals surface area contributed by atoms with Crippen LogP contribution in [0.3, 0.4) is 0 Å². The number of imide groups is 1. The van der Waals surface area contributed by atoms with Gasteiger partial charge in [0, 0.05) is 13.5 Å². The van der Waals surface area contributed by atoms with Crippen LogP contribution in [0.15, 0.2) is 0 Å². The third kappa shape index (κ3) is 6.10. The van der Waals surface area contributed by atoms with E-state index in [9.17, 15) is 9.59 Å². The molecule has 0 saturated carbocycles. The van der Waals surface area contributed by atoms with Crippen molar-refractivity contribution >= 4 is 12.0 Å². The molecule has 0 aliphatic heterocycles. The Hall–Kier alpha value is -1.06. The first-order valence-corrected chi connectivity index (χ1v) is 5.27. The molecule has 0 aliphatic rings. The molecule has 15 heavy (non-hydrogen) atoms. The highest BCUT2D eigenvalue weighted by molar-refractivity contribution is 5.91. The number of nitrogens with zero attached hydrogens (tertiary/aromatic N) is 1. The van der Waals surface area contributed by atoms with Crippen molar-refractivity contribution in [1.82, 2.24) is 4.90 Å². The van der Waals surface area contributed by atoms with Crippen molar-refractivity contribution in [2.45, 2.75) is 52.6 Å². The Labute approximate surface area is 91.6 Å². The summed E-state index contributed by atoms with van der Waals surface area (Å²) in [7, 11) is 1.45. The normalized spacial score (nSPS) is 11.0. The van der Waals surface area contributed by atoms with Gasteiger partial charge in [-0.25, -0.2) is 4.79 Å². The zero-order valence-electron chi connectivity index (χ0n) is 10.3. The van der Waals surface area contributed by atoms with Crippen LogP contribution in [0.2, 0.25) is 0 Å². The van der Waals surface area contributed by atoms with Gasteiger partial charge in [-0.2, -0.15) is 0 Å². The molecule has 0 heterocycles. The topological polar surface area (TPSA) is 46.6 Å². The molecule has 0 aromatic heterocycles. The predicted octanol–water partition coefficient (Wildman–Crippen LogP) is 2.57. The molecule has 0 aromatic rings. The second-order valence-electron chi connectivity index (χ2n) is 4.54. The van der Waals surface area contributed by atoms with Gasteiger partial charge in [-0.1, -0.05) is 13.3 Å². The Morgan fingerprint density at radius 2 is 1.80 bits per heavy atom. The maximum Gasteiger partial charge on any atom is 0.416 e. The lowest BCUT2D eigenvalue weighted by Crippen LogP contribution is -2.37. The van der Waals surface area contributed by atoms with Crippen LogP contribution in [-0.4, -0.2) is 29.5 Å². The van der Waals surface area contributed by atoms with E-state index in [1.165, 1.54) is 7.05 Å². The summed E-state index contributed by atoms with van der Waals surface area (Å²) in [6, 6.07) is 0. The van der Waals surface area contributed by atoms with Gasteiger partial charge in [-0.05, 0) is 27.2 Å². The maximum absolute atomic E-state index is 11.5. The minimum absolute atomic E-state index is 0.189. The number of unbranched alkanes of at least 4 members (excludes halogenated alkanes) is 1. The number of carbonyl (C=O) groups is 2. The molecule has 0 unspecified atom stereocenters. The first-order valence-electron chi connectivity index (χ1n) is 5.27. The van der Waals surface area contributed by atoms with Gasteiger partial charge in [0.1, 0.15) is 5.60 Å². The van der Waals surface area contributed by atoms with Crippen LogP contribution >= 0.6 is 0 Å². The fourth-order valence-corrected chi connectivity index (χ4v) is 0.928. The molecule has 0 radical (unpaired) electrons. The average molecular weight is 215 g/mol. The predicted molar refractivity (Wildman–Crippen MR) is 58.5 cm³/mol. The largest absolute Gasteiger partial charge is 0.443 e. The van der Waals surface area contributed by atoms with Crippen molar-refractivity contribution in [3.63, 3.8) is 0 Å². The second-order valence-corrected chi connectivity index (χ2v) is 4.54. The van der Waals surface area contributed by atoms with Crippen molar-refractivity contribution in [2.24, 2.45) is 0 Å². The summed E-state index contributed by atoms with van der Waals surface area (Å²) in [5.41, 5.74) is -0.559. The first kappa shape index (κ1) is 13.9. The molecule has 4 heteroatoms. The third-order valence-corrected chi connectivity index (χ3v) is 1.79. The van der Waals surface area contributed by atoms with E-state index in [0.717, 1.165) is 17.7 Å². The molecule has 0 rings (SSSR count). The Morgan fingerprint density at radius 3 is 2.20 bits per heavy atom. The van der Waals surface area contributed by atoms with E-state index in [2.05, 4.69) is 0 Å². The zero-order chi connectivity index (χ0) is 12.1. The van der Waals surface area contributed by atoms with Crippen molar-refractivity contribution < 1.29 is 14.3 Å². The number of carbonyl (C=O) groups excluding carboxylic acids is 2. The minimum atomic E-state index is -0.580. The van der Waals surface area contributed by atoms with Crippen LogP contribution in [0.5, 0.6) is 0 Å². The third-order valence-electron chi connectivity index (χ3n) is 1.79. The lowest BCUT2D eigenvalue weighted by atomic mass is 10.2. The summed E-state index contributed by atoms with van der Waals surface area (Å²) in [6.45, 7) is 7.32. The number of amides is 2. The molecule has 0 saturated heterocycles. The van der Waals surface area contributed by atoms with Crippen molar-refractivity contribution in [2.75, 3.05) is 7.05 Å². The summed E-state index contributed by atoms with van der Waals surface area (Å²) in [5, 5.41) is 0. The summed E-state index contributed by atoms with van der Waals surface area (Å²) in [4.78, 5) is 23.9. The fraction of sp³-hybridized carbons (Fsp3) is 0.818. The summed E-state index contributed by atoms with van der Waals surface area (Å²) in [5.74, 6) is -0.189. The van der Waals surface area contributed by atoms with Crippen LogP contribution in [0.25, 0.3) is 0 Å². The molecule has 88 valence electrons. The summed E-state index contributed by atoms with van der Waals surface area (Å²) in [6.07, 6.45) is 1.55. The van der Waals surface area contributed by atoms with Gasteiger partial charge >= 0.3 is 6.09 Å². The number of hydrogen-bond acceptors (Lipinski definition) is 3. The van der Waals surface area contributed by atoms with Gasteiger partial charge < -0.3 is 4.74 Å². The number of rotatable bonds is 3. The van der Waals surface area contributed by atoms with Gasteiger partial charge in [-0.15, -0.1) is 0 Å². The van der Waals surface area contributed by atoms with E-state index in [0.29, 0.717) is 6.42 Å². The molecule has 2 amide bonds. The van der Waals surface area contributed by atoms with Crippen LogP contribution in [0.4, 0.5) is 4.79 Å². The molecule has 0 aromatic carbocycles. The van der Waals surface area contributed by atoms with E-state index >= 15 is 0 Å². The summed E-state index contributed by atoms with van der Waals surface area (Å²) < 4.78 is 5.07. The minimum Gasteiger partial charge on any atom is -0.443 e. The molecule has 0 fully saturated rings. The van der Waals surface area contributed by atoms with E-state index in [4.69, 9.17) is 4.74 Å². The van der Waals surface area contributed by atoms with Crippen LogP contribution in [0, 0.1) is 0 Å². The van der Waals surface area contributed by atoms with Crippen LogP contribution in [-0.2, 0) is 9.53 Å². The first-order chi connectivity index (χ1) is 6.78.